The summed E-state index contributed by atoms with van der Waals surface area (Å²) in [5, 5.41) is 0. The third kappa shape index (κ3) is 1.29. The quantitative estimate of drug-likeness (QED) is 0.553. The summed E-state index contributed by atoms with van der Waals surface area (Å²) in [7, 11) is 0. The first-order valence-electron chi connectivity index (χ1n) is 2.59. The lowest BCUT2D eigenvalue weighted by molar-refractivity contribution is -0.109. The van der Waals surface area contributed by atoms with Gasteiger partial charge in [0.05, 0.1) is 12.2 Å². The molecule has 0 unspecified atom stereocenters. The van der Waals surface area contributed by atoms with E-state index in [-0.39, 0.29) is 5.60 Å². The van der Waals surface area contributed by atoms with Crippen molar-refractivity contribution in [3.8, 4) is 0 Å². The van der Waals surface area contributed by atoms with E-state index in [2.05, 4.69) is 45.2 Å². The molecular weight excluding hydrogens is 330 g/mol. The van der Waals surface area contributed by atoms with Crippen molar-refractivity contribution in [2.75, 3.05) is 15.5 Å². The van der Waals surface area contributed by atoms with E-state index < -0.39 is 0 Å². The van der Waals surface area contributed by atoms with Gasteiger partial charge in [-0.2, -0.15) is 0 Å². The molecule has 1 rings (SSSR count). The van der Waals surface area contributed by atoms with Crippen LogP contribution in [0.4, 0.5) is 0 Å². The van der Waals surface area contributed by atoms with Crippen LogP contribution in [0, 0.1) is 0 Å². The van der Waals surface area contributed by atoms with Crippen LogP contribution < -0.4 is 0 Å². The molecule has 0 aromatic heterocycles. The van der Waals surface area contributed by atoms with Crippen LogP contribution in [0.3, 0.4) is 0 Å². The van der Waals surface area contributed by atoms with Gasteiger partial charge in [-0.25, -0.2) is 0 Å². The van der Waals surface area contributed by atoms with Crippen molar-refractivity contribution in [2.24, 2.45) is 0 Å². The van der Waals surface area contributed by atoms with Crippen molar-refractivity contribution < 1.29 is 4.74 Å². The van der Waals surface area contributed by atoms with E-state index in [1.807, 2.05) is 0 Å². The highest BCUT2D eigenvalue weighted by molar-refractivity contribution is 14.1. The molecule has 0 spiro atoms. The van der Waals surface area contributed by atoms with Crippen LogP contribution >= 0.6 is 45.2 Å². The Balaban J connectivity index is 2.33. The summed E-state index contributed by atoms with van der Waals surface area (Å²) in [5.74, 6) is 0. The van der Waals surface area contributed by atoms with Gasteiger partial charge in [-0.3, -0.25) is 0 Å². The first-order valence-corrected chi connectivity index (χ1v) is 5.64. The SMILES string of the molecule is ICC1(CI)CCO1. The summed E-state index contributed by atoms with van der Waals surface area (Å²) in [6.45, 7) is 0.978. The van der Waals surface area contributed by atoms with Crippen molar-refractivity contribution in [3.63, 3.8) is 0 Å². The highest BCUT2D eigenvalue weighted by Gasteiger charge is 2.35. The van der Waals surface area contributed by atoms with Gasteiger partial charge in [0.25, 0.3) is 0 Å². The third-order valence-electron chi connectivity index (χ3n) is 1.45. The Morgan fingerprint density at radius 2 is 1.88 bits per heavy atom. The van der Waals surface area contributed by atoms with Crippen LogP contribution in [0.1, 0.15) is 6.42 Å². The zero-order valence-electron chi connectivity index (χ0n) is 4.49. The molecule has 0 amide bonds. The molecule has 48 valence electrons. The van der Waals surface area contributed by atoms with E-state index >= 15 is 0 Å². The predicted molar refractivity (Wildman–Crippen MR) is 51.1 cm³/mol. The van der Waals surface area contributed by atoms with Crippen LogP contribution in [0.5, 0.6) is 0 Å². The van der Waals surface area contributed by atoms with Crippen LogP contribution in [-0.4, -0.2) is 21.1 Å². The Morgan fingerprint density at radius 1 is 1.38 bits per heavy atom. The predicted octanol–water partition coefficient (Wildman–Crippen LogP) is 2.02. The lowest BCUT2D eigenvalue weighted by Gasteiger charge is -2.39. The normalized spacial score (nSPS) is 24.8. The molecule has 0 N–H and O–H groups in total. The number of hydrogen-bond donors (Lipinski definition) is 0. The second-order valence-electron chi connectivity index (χ2n) is 2.05. The summed E-state index contributed by atoms with van der Waals surface area (Å²) in [6, 6.07) is 0. The Bertz CT molecular complexity index is 67.0. The molecule has 0 saturated carbocycles. The average Bonchev–Trinajstić information content (AvgIpc) is 1.67. The van der Waals surface area contributed by atoms with Crippen molar-refractivity contribution in [3.05, 3.63) is 0 Å². The molecule has 8 heavy (non-hydrogen) atoms. The van der Waals surface area contributed by atoms with Crippen molar-refractivity contribution in [1.29, 1.82) is 0 Å². The molecule has 1 heterocycles. The molecule has 1 aliphatic heterocycles. The van der Waals surface area contributed by atoms with Gasteiger partial charge in [0.15, 0.2) is 0 Å². The van der Waals surface area contributed by atoms with Gasteiger partial charge in [0.1, 0.15) is 0 Å². The minimum atomic E-state index is 0.279. The fraction of sp³-hybridized carbons (Fsp3) is 1.00. The van der Waals surface area contributed by atoms with Crippen molar-refractivity contribution in [2.45, 2.75) is 12.0 Å². The summed E-state index contributed by atoms with van der Waals surface area (Å²) < 4.78 is 7.69. The molecule has 3 heteroatoms. The van der Waals surface area contributed by atoms with Gasteiger partial charge in [0, 0.05) is 15.3 Å². The number of hydrogen-bond acceptors (Lipinski definition) is 1. The number of ether oxygens (including phenoxy) is 1. The first kappa shape index (κ1) is 7.53. The average molecular weight is 338 g/mol. The monoisotopic (exact) mass is 338 g/mol. The van der Waals surface area contributed by atoms with Gasteiger partial charge in [-0.15, -0.1) is 0 Å². The fourth-order valence-electron chi connectivity index (χ4n) is 0.637. The third-order valence-corrected chi connectivity index (χ3v) is 4.23. The van der Waals surface area contributed by atoms with Crippen molar-refractivity contribution in [1.82, 2.24) is 0 Å². The van der Waals surface area contributed by atoms with Crippen LogP contribution in [0.2, 0.25) is 0 Å². The van der Waals surface area contributed by atoms with Gasteiger partial charge in [-0.1, -0.05) is 45.2 Å². The highest BCUT2D eigenvalue weighted by atomic mass is 127. The zero-order chi connectivity index (χ0) is 6.04. The number of rotatable bonds is 2. The molecule has 0 aliphatic carbocycles. The summed E-state index contributed by atoms with van der Waals surface area (Å²) in [6.07, 6.45) is 1.26. The molecule has 1 saturated heterocycles. The maximum absolute atomic E-state index is 5.40. The molecular formula is C5H8I2O. The van der Waals surface area contributed by atoms with E-state index in [0.29, 0.717) is 0 Å². The molecule has 0 radical (unpaired) electrons. The Kier molecular flexibility index (Phi) is 2.83. The van der Waals surface area contributed by atoms with Crippen LogP contribution in [0.25, 0.3) is 0 Å². The highest BCUT2D eigenvalue weighted by Crippen LogP contribution is 2.30. The van der Waals surface area contributed by atoms with Gasteiger partial charge in [-0.05, 0) is 0 Å². The standard InChI is InChI=1S/C5H8I2O/c6-3-5(4-7)1-2-8-5/h1-4H2. The van der Waals surface area contributed by atoms with E-state index in [9.17, 15) is 0 Å². The largest absolute Gasteiger partial charge is 0.373 e. The van der Waals surface area contributed by atoms with E-state index in [4.69, 9.17) is 4.74 Å². The van der Waals surface area contributed by atoms with E-state index in [0.717, 1.165) is 15.5 Å². The Morgan fingerprint density at radius 3 is 1.88 bits per heavy atom. The number of halogens is 2. The zero-order valence-corrected chi connectivity index (χ0v) is 8.81. The Hall–Kier alpha value is 1.42. The van der Waals surface area contributed by atoms with Gasteiger partial charge in [0.2, 0.25) is 0 Å². The number of alkyl halides is 2. The minimum absolute atomic E-state index is 0.279. The lowest BCUT2D eigenvalue weighted by Crippen LogP contribution is -2.46. The van der Waals surface area contributed by atoms with Crippen LogP contribution in [-0.2, 0) is 4.74 Å². The summed E-state index contributed by atoms with van der Waals surface area (Å²) in [5.41, 5.74) is 0.279. The first-order chi connectivity index (χ1) is 3.83. The molecule has 0 aromatic carbocycles. The maximum Gasteiger partial charge on any atom is 0.0882 e. The Labute approximate surface area is 76.8 Å². The van der Waals surface area contributed by atoms with Gasteiger partial charge >= 0.3 is 0 Å². The smallest absolute Gasteiger partial charge is 0.0882 e. The second-order valence-corrected chi connectivity index (χ2v) is 3.57. The summed E-state index contributed by atoms with van der Waals surface area (Å²) in [4.78, 5) is 0. The maximum atomic E-state index is 5.40. The molecule has 1 nitrogen and oxygen atoms in total. The minimum Gasteiger partial charge on any atom is -0.373 e. The fourth-order valence-corrected chi connectivity index (χ4v) is 3.41. The molecule has 0 atom stereocenters. The van der Waals surface area contributed by atoms with E-state index in [1.54, 1.807) is 0 Å². The van der Waals surface area contributed by atoms with Crippen LogP contribution in [0.15, 0.2) is 0 Å². The van der Waals surface area contributed by atoms with E-state index in [1.165, 1.54) is 6.42 Å². The molecule has 1 fully saturated rings. The van der Waals surface area contributed by atoms with Gasteiger partial charge < -0.3 is 4.74 Å². The van der Waals surface area contributed by atoms with Crippen molar-refractivity contribution >= 4 is 45.2 Å². The molecule has 0 bridgehead atoms. The summed E-state index contributed by atoms with van der Waals surface area (Å²) >= 11 is 4.78. The molecule has 0 aromatic rings. The lowest BCUT2D eigenvalue weighted by atomic mass is 10.0. The molecule has 1 aliphatic rings. The second kappa shape index (κ2) is 3.01. The topological polar surface area (TPSA) is 9.23 Å².